The van der Waals surface area contributed by atoms with Gasteiger partial charge in [0.25, 0.3) is 11.5 Å². The molecule has 0 spiro atoms. The molecule has 3 aliphatic rings. The maximum atomic E-state index is 15.2. The van der Waals surface area contributed by atoms with Crippen molar-refractivity contribution in [2.24, 2.45) is 7.05 Å². The first-order valence-corrected chi connectivity index (χ1v) is 13.7. The minimum atomic E-state index is -3.54. The zero-order valence-electron chi connectivity index (χ0n) is 20.8. The molecule has 1 aliphatic carbocycles. The maximum absolute atomic E-state index is 15.2. The number of aryl methyl sites for hydroxylation is 1. The fourth-order valence-electron chi connectivity index (χ4n) is 5.28. The van der Waals surface area contributed by atoms with Crippen molar-refractivity contribution < 1.29 is 22.0 Å². The molecule has 2 aromatic rings. The summed E-state index contributed by atoms with van der Waals surface area (Å²) in [5.41, 5.74) is 2.43. The van der Waals surface area contributed by atoms with Gasteiger partial charge in [-0.3, -0.25) is 9.59 Å². The van der Waals surface area contributed by atoms with Crippen molar-refractivity contribution in [3.8, 4) is 0 Å². The van der Waals surface area contributed by atoms with E-state index in [1.165, 1.54) is 15.5 Å². The second kappa shape index (κ2) is 8.69. The number of carbonyl (C=O) groups excluding carboxylic acids is 1. The third-order valence-corrected chi connectivity index (χ3v) is 7.63. The number of amides is 1. The molecule has 8 nitrogen and oxygen atoms in total. The van der Waals surface area contributed by atoms with Crippen molar-refractivity contribution >= 4 is 32.7 Å². The van der Waals surface area contributed by atoms with Crippen LogP contribution in [0.2, 0.25) is 0 Å². The lowest BCUT2D eigenvalue weighted by Crippen LogP contribution is -2.42. The highest BCUT2D eigenvalue weighted by atomic mass is 32.2. The van der Waals surface area contributed by atoms with E-state index in [0.717, 1.165) is 18.4 Å². The maximum Gasteiger partial charge on any atom is 0.270 e. The van der Waals surface area contributed by atoms with Gasteiger partial charge in [-0.2, -0.15) is 0 Å². The van der Waals surface area contributed by atoms with Crippen LogP contribution in [0.25, 0.3) is 11.3 Å². The highest BCUT2D eigenvalue weighted by Gasteiger charge is 2.46. The first kappa shape index (κ1) is 24.9. The number of halogens is 2. The summed E-state index contributed by atoms with van der Waals surface area (Å²) in [6, 6.07) is 4.32. The van der Waals surface area contributed by atoms with E-state index >= 15 is 4.39 Å². The number of likely N-dealkylation sites (N-methyl/N-ethyl adjacent to an activating group) is 1. The molecule has 5 rings (SSSR count). The molecule has 1 atom stereocenters. The van der Waals surface area contributed by atoms with Crippen LogP contribution in [-0.4, -0.2) is 62.5 Å². The zero-order valence-corrected chi connectivity index (χ0v) is 21.6. The van der Waals surface area contributed by atoms with Crippen LogP contribution in [0, 0.1) is 11.6 Å². The van der Waals surface area contributed by atoms with Crippen LogP contribution in [0.1, 0.15) is 17.5 Å². The molecule has 2 aliphatic heterocycles. The number of nitrogens with zero attached hydrogens (tertiary/aromatic N) is 3. The van der Waals surface area contributed by atoms with Gasteiger partial charge in [0.05, 0.1) is 28.7 Å². The Bertz CT molecular complexity index is 1620. The Hall–Kier alpha value is -3.73. The van der Waals surface area contributed by atoms with E-state index in [4.69, 9.17) is 0 Å². The molecule has 0 saturated carbocycles. The number of carbonyl (C=O) groups is 1. The summed E-state index contributed by atoms with van der Waals surface area (Å²) in [6.45, 7) is 0.415. The molecule has 0 bridgehead atoms. The number of aromatic nitrogens is 1. The molecular weight excluding hydrogens is 502 g/mol. The van der Waals surface area contributed by atoms with Crippen LogP contribution in [0.5, 0.6) is 0 Å². The van der Waals surface area contributed by atoms with Gasteiger partial charge in [-0.25, -0.2) is 17.2 Å². The predicted molar refractivity (Wildman–Crippen MR) is 137 cm³/mol. The molecule has 0 fully saturated rings. The molecule has 194 valence electrons. The molecule has 37 heavy (non-hydrogen) atoms. The summed E-state index contributed by atoms with van der Waals surface area (Å²) in [5, 5.41) is 3.30. The van der Waals surface area contributed by atoms with Gasteiger partial charge in [0, 0.05) is 57.4 Å². The Morgan fingerprint density at radius 1 is 1.22 bits per heavy atom. The summed E-state index contributed by atoms with van der Waals surface area (Å²) >= 11 is 0. The van der Waals surface area contributed by atoms with Gasteiger partial charge in [0.15, 0.2) is 9.84 Å². The number of hydrogen-bond acceptors (Lipinski definition) is 6. The van der Waals surface area contributed by atoms with E-state index in [2.05, 4.69) is 5.32 Å². The van der Waals surface area contributed by atoms with Crippen molar-refractivity contribution in [3.63, 3.8) is 0 Å². The zero-order chi connectivity index (χ0) is 26.8. The van der Waals surface area contributed by atoms with Crippen molar-refractivity contribution in [3.05, 3.63) is 86.5 Å². The van der Waals surface area contributed by atoms with E-state index < -0.39 is 33.4 Å². The SMILES string of the molecule is CN(C)C(=O)C1=C2C=C(CS(C)(=O)=O)c3ccn(C)c(=O)c3C3=C2C(CCN3)N1c1ccc(F)cc1F. The molecule has 1 amide bonds. The van der Waals surface area contributed by atoms with Gasteiger partial charge in [0.1, 0.15) is 17.3 Å². The fraction of sp³-hybridized carbons (Fsp3) is 0.308. The van der Waals surface area contributed by atoms with Crippen molar-refractivity contribution in [1.82, 2.24) is 14.8 Å². The number of fused-ring (bicyclic) bond motifs is 2. The largest absolute Gasteiger partial charge is 0.384 e. The van der Waals surface area contributed by atoms with Crippen molar-refractivity contribution in [2.45, 2.75) is 12.5 Å². The summed E-state index contributed by atoms with van der Waals surface area (Å²) in [7, 11) is 1.19. The number of nitrogens with one attached hydrogen (secondary N) is 1. The lowest BCUT2D eigenvalue weighted by atomic mass is 9.91. The number of sulfone groups is 1. The molecule has 1 unspecified atom stereocenters. The monoisotopic (exact) mass is 528 g/mol. The Morgan fingerprint density at radius 2 is 1.95 bits per heavy atom. The van der Waals surface area contributed by atoms with Crippen LogP contribution >= 0.6 is 0 Å². The van der Waals surface area contributed by atoms with Crippen molar-refractivity contribution in [2.75, 3.05) is 37.5 Å². The van der Waals surface area contributed by atoms with E-state index in [1.807, 2.05) is 0 Å². The first-order chi connectivity index (χ1) is 17.4. The number of anilines is 1. The van der Waals surface area contributed by atoms with Gasteiger partial charge in [-0.15, -0.1) is 0 Å². The number of benzene rings is 1. The second-order valence-corrected chi connectivity index (χ2v) is 11.8. The third-order valence-electron chi connectivity index (χ3n) is 6.80. The third kappa shape index (κ3) is 4.07. The number of rotatable bonds is 4. The summed E-state index contributed by atoms with van der Waals surface area (Å²) in [5.74, 6) is -2.39. The van der Waals surface area contributed by atoms with Crippen LogP contribution < -0.4 is 15.8 Å². The lowest BCUT2D eigenvalue weighted by Gasteiger charge is -2.34. The average Bonchev–Trinajstić information content (AvgIpc) is 3.05. The van der Waals surface area contributed by atoms with Crippen LogP contribution in [0.15, 0.2) is 58.2 Å². The summed E-state index contributed by atoms with van der Waals surface area (Å²) in [6.07, 6.45) is 4.76. The minimum absolute atomic E-state index is 0.0187. The Kier molecular flexibility index (Phi) is 5.86. The molecule has 3 heterocycles. The summed E-state index contributed by atoms with van der Waals surface area (Å²) in [4.78, 5) is 30.0. The van der Waals surface area contributed by atoms with Gasteiger partial charge in [-0.05, 0) is 41.8 Å². The van der Waals surface area contributed by atoms with Crippen LogP contribution in [0.3, 0.4) is 0 Å². The fourth-order valence-corrected chi connectivity index (χ4v) is 6.09. The number of hydrogen-bond donors (Lipinski definition) is 1. The normalized spacial score (nSPS) is 18.7. The highest BCUT2D eigenvalue weighted by Crippen LogP contribution is 2.48. The van der Waals surface area contributed by atoms with E-state index in [9.17, 15) is 22.4 Å². The van der Waals surface area contributed by atoms with Crippen LogP contribution in [-0.2, 0) is 21.7 Å². The van der Waals surface area contributed by atoms with Gasteiger partial charge in [0.2, 0.25) is 0 Å². The van der Waals surface area contributed by atoms with E-state index in [0.29, 0.717) is 46.5 Å². The Balaban J connectivity index is 1.92. The van der Waals surface area contributed by atoms with E-state index in [-0.39, 0.29) is 22.7 Å². The summed E-state index contributed by atoms with van der Waals surface area (Å²) < 4.78 is 55.3. The molecule has 0 radical (unpaired) electrons. The van der Waals surface area contributed by atoms with E-state index in [1.54, 1.807) is 44.4 Å². The minimum Gasteiger partial charge on any atom is -0.384 e. The first-order valence-electron chi connectivity index (χ1n) is 11.7. The molecule has 1 N–H and O–H groups in total. The molecule has 1 aromatic heterocycles. The molecule has 11 heteroatoms. The molecular formula is C26H26F2N4O4S. The van der Waals surface area contributed by atoms with Crippen LogP contribution in [0.4, 0.5) is 14.5 Å². The smallest absolute Gasteiger partial charge is 0.270 e. The highest BCUT2D eigenvalue weighted by molar-refractivity contribution is 7.91. The topological polar surface area (TPSA) is 91.7 Å². The van der Waals surface area contributed by atoms with Crippen molar-refractivity contribution in [1.29, 1.82) is 0 Å². The average molecular weight is 529 g/mol. The standard InChI is InChI=1S/C26H26F2N4O4S/c1-30(2)26(34)24-17-11-14(13-37(4,35)36)16-8-10-31(3)25(33)22(16)23-21(17)20(7-9-29-23)32(24)19-6-5-15(27)12-18(19)28/h5-6,8,10-12,20,29H,7,9,13H2,1-4H3. The molecule has 0 saturated heterocycles. The Labute approximate surface area is 213 Å². The Morgan fingerprint density at radius 3 is 2.59 bits per heavy atom. The molecule has 1 aromatic carbocycles. The lowest BCUT2D eigenvalue weighted by molar-refractivity contribution is -0.124. The van der Waals surface area contributed by atoms with Gasteiger partial charge < -0.3 is 19.7 Å². The van der Waals surface area contributed by atoms with Gasteiger partial charge >= 0.3 is 0 Å². The predicted octanol–water partition coefficient (Wildman–Crippen LogP) is 2.04. The second-order valence-electron chi connectivity index (χ2n) is 9.71. The number of allylic oxidation sites excluding steroid dienone is 1. The van der Waals surface area contributed by atoms with Gasteiger partial charge in [-0.1, -0.05) is 0 Å². The number of pyridine rings is 1. The quantitative estimate of drug-likeness (QED) is 0.653.